The largest absolute Gasteiger partial charge is 0.484 e. The van der Waals surface area contributed by atoms with E-state index in [1.165, 1.54) is 0 Å². The van der Waals surface area contributed by atoms with Crippen molar-refractivity contribution in [2.24, 2.45) is 0 Å². The van der Waals surface area contributed by atoms with Gasteiger partial charge in [0.15, 0.2) is 6.61 Å². The summed E-state index contributed by atoms with van der Waals surface area (Å²) >= 11 is 5.51. The van der Waals surface area contributed by atoms with Gasteiger partial charge in [0, 0.05) is 5.03 Å². The summed E-state index contributed by atoms with van der Waals surface area (Å²) in [6.45, 7) is 5.67. The maximum atomic E-state index is 11.3. The van der Waals surface area contributed by atoms with Crippen molar-refractivity contribution in [1.29, 1.82) is 0 Å². The van der Waals surface area contributed by atoms with E-state index in [1.54, 1.807) is 6.07 Å². The minimum absolute atomic E-state index is 0.0202. The van der Waals surface area contributed by atoms with E-state index in [0.717, 1.165) is 5.56 Å². The Hall–Kier alpha value is -1.48. The molecule has 0 fully saturated rings. The van der Waals surface area contributed by atoms with Crippen molar-refractivity contribution in [2.45, 2.75) is 6.92 Å². The van der Waals surface area contributed by atoms with Crippen molar-refractivity contribution in [3.63, 3.8) is 0 Å². The monoisotopic (exact) mass is 239 g/mol. The quantitative estimate of drug-likeness (QED) is 0.856. The Morgan fingerprint density at radius 3 is 2.94 bits per heavy atom. The van der Waals surface area contributed by atoms with Crippen LogP contribution < -0.4 is 10.1 Å². The number of aryl methyl sites for hydroxylation is 1. The van der Waals surface area contributed by atoms with Crippen molar-refractivity contribution in [1.82, 2.24) is 5.32 Å². The third-order valence-electron chi connectivity index (χ3n) is 1.84. The summed E-state index contributed by atoms with van der Waals surface area (Å²) in [5.41, 5.74) is 1.09. The topological polar surface area (TPSA) is 38.3 Å². The minimum Gasteiger partial charge on any atom is -0.484 e. The molecule has 3 nitrogen and oxygen atoms in total. The lowest BCUT2D eigenvalue weighted by atomic mass is 10.2. The molecular weight excluding hydrogens is 226 g/mol. The molecular formula is C12H14ClNO2. The number of hydrogen-bond acceptors (Lipinski definition) is 2. The van der Waals surface area contributed by atoms with E-state index in [2.05, 4.69) is 11.9 Å². The van der Waals surface area contributed by atoms with Gasteiger partial charge in [0.25, 0.3) is 5.91 Å². The van der Waals surface area contributed by atoms with E-state index in [0.29, 0.717) is 10.8 Å². The highest BCUT2D eigenvalue weighted by molar-refractivity contribution is 6.29. The van der Waals surface area contributed by atoms with Crippen LogP contribution in [0.5, 0.6) is 5.75 Å². The Morgan fingerprint density at radius 1 is 1.56 bits per heavy atom. The van der Waals surface area contributed by atoms with Crippen LogP contribution in [-0.2, 0) is 4.79 Å². The highest BCUT2D eigenvalue weighted by Crippen LogP contribution is 2.11. The van der Waals surface area contributed by atoms with Gasteiger partial charge in [0.1, 0.15) is 5.75 Å². The maximum Gasteiger partial charge on any atom is 0.258 e. The highest BCUT2D eigenvalue weighted by Gasteiger charge is 2.02. The third kappa shape index (κ3) is 4.84. The summed E-state index contributed by atoms with van der Waals surface area (Å²) in [5.74, 6) is 0.461. The van der Waals surface area contributed by atoms with E-state index < -0.39 is 0 Å². The van der Waals surface area contributed by atoms with Crippen LogP contribution in [0.15, 0.2) is 35.9 Å². The van der Waals surface area contributed by atoms with E-state index in [4.69, 9.17) is 16.3 Å². The van der Waals surface area contributed by atoms with Gasteiger partial charge in [-0.2, -0.15) is 0 Å². The summed E-state index contributed by atoms with van der Waals surface area (Å²) < 4.78 is 5.30. The molecule has 4 heteroatoms. The Balaban J connectivity index is 2.34. The number of benzene rings is 1. The Morgan fingerprint density at radius 2 is 2.31 bits per heavy atom. The average Bonchev–Trinajstić information content (AvgIpc) is 2.23. The molecule has 0 unspecified atom stereocenters. The molecule has 0 aliphatic heterocycles. The van der Waals surface area contributed by atoms with Crippen LogP contribution in [0.4, 0.5) is 0 Å². The second-order valence-electron chi connectivity index (χ2n) is 3.40. The summed E-state index contributed by atoms with van der Waals surface area (Å²) in [5, 5.41) is 2.96. The fourth-order valence-corrected chi connectivity index (χ4v) is 1.17. The zero-order chi connectivity index (χ0) is 12.0. The molecule has 86 valence electrons. The molecule has 0 atom stereocenters. The normalized spacial score (nSPS) is 9.62. The van der Waals surface area contributed by atoms with Gasteiger partial charge in [-0.3, -0.25) is 4.79 Å². The van der Waals surface area contributed by atoms with Crippen LogP contribution in [0.2, 0.25) is 0 Å². The molecule has 0 aromatic heterocycles. The lowest BCUT2D eigenvalue weighted by Gasteiger charge is -2.07. The first-order chi connectivity index (χ1) is 7.58. The molecule has 1 amide bonds. The molecule has 1 N–H and O–H groups in total. The average molecular weight is 240 g/mol. The van der Waals surface area contributed by atoms with E-state index in [1.807, 2.05) is 25.1 Å². The van der Waals surface area contributed by atoms with Crippen molar-refractivity contribution < 1.29 is 9.53 Å². The van der Waals surface area contributed by atoms with Gasteiger partial charge in [-0.1, -0.05) is 30.3 Å². The zero-order valence-corrected chi connectivity index (χ0v) is 9.88. The molecule has 0 saturated heterocycles. The minimum atomic E-state index is -0.219. The first-order valence-corrected chi connectivity index (χ1v) is 5.25. The maximum absolute atomic E-state index is 11.3. The van der Waals surface area contributed by atoms with E-state index in [-0.39, 0.29) is 19.1 Å². The molecule has 0 heterocycles. The number of carbonyl (C=O) groups is 1. The molecule has 0 spiro atoms. The van der Waals surface area contributed by atoms with Crippen molar-refractivity contribution in [3.8, 4) is 5.75 Å². The Labute approximate surface area is 100 Å². The van der Waals surface area contributed by atoms with Gasteiger partial charge in [0.05, 0.1) is 6.54 Å². The molecule has 1 aromatic carbocycles. The summed E-state index contributed by atoms with van der Waals surface area (Å²) in [6.07, 6.45) is 0. The second kappa shape index (κ2) is 6.18. The smallest absolute Gasteiger partial charge is 0.258 e. The first-order valence-electron chi connectivity index (χ1n) is 4.87. The zero-order valence-electron chi connectivity index (χ0n) is 9.13. The number of carbonyl (C=O) groups excluding carboxylic acids is 1. The lowest BCUT2D eigenvalue weighted by molar-refractivity contribution is -0.122. The first kappa shape index (κ1) is 12.6. The molecule has 0 aliphatic carbocycles. The third-order valence-corrected chi connectivity index (χ3v) is 1.97. The number of ether oxygens (including phenoxy) is 1. The van der Waals surface area contributed by atoms with Crippen LogP contribution in [-0.4, -0.2) is 19.1 Å². The van der Waals surface area contributed by atoms with Gasteiger partial charge in [0.2, 0.25) is 0 Å². The molecule has 0 saturated carbocycles. The van der Waals surface area contributed by atoms with Crippen LogP contribution in [0.25, 0.3) is 0 Å². The number of nitrogens with one attached hydrogen (secondary N) is 1. The van der Waals surface area contributed by atoms with Crippen LogP contribution in [0, 0.1) is 6.92 Å². The Kier molecular flexibility index (Phi) is 4.86. The van der Waals surface area contributed by atoms with Crippen LogP contribution >= 0.6 is 11.6 Å². The standard InChI is InChI=1S/C12H14ClNO2/c1-9-4-3-5-11(6-9)16-8-12(15)14-7-10(2)13/h3-6H,2,7-8H2,1H3,(H,14,15). The molecule has 1 rings (SSSR count). The van der Waals surface area contributed by atoms with Gasteiger partial charge < -0.3 is 10.1 Å². The lowest BCUT2D eigenvalue weighted by Crippen LogP contribution is -2.29. The summed E-state index contributed by atoms with van der Waals surface area (Å²) in [4.78, 5) is 11.3. The molecule has 0 radical (unpaired) electrons. The van der Waals surface area contributed by atoms with Crippen LogP contribution in [0.3, 0.4) is 0 Å². The second-order valence-corrected chi connectivity index (χ2v) is 3.93. The van der Waals surface area contributed by atoms with Gasteiger partial charge in [-0.15, -0.1) is 0 Å². The van der Waals surface area contributed by atoms with Crippen LogP contribution in [0.1, 0.15) is 5.56 Å². The Bertz CT molecular complexity index is 390. The van der Waals surface area contributed by atoms with Gasteiger partial charge in [-0.25, -0.2) is 0 Å². The summed E-state index contributed by atoms with van der Waals surface area (Å²) in [7, 11) is 0. The predicted molar refractivity (Wildman–Crippen MR) is 64.7 cm³/mol. The number of rotatable bonds is 5. The fraction of sp³-hybridized carbons (Fsp3) is 0.250. The van der Waals surface area contributed by atoms with Gasteiger partial charge >= 0.3 is 0 Å². The summed E-state index contributed by atoms with van der Waals surface area (Å²) in [6, 6.07) is 7.52. The molecule has 0 bridgehead atoms. The highest BCUT2D eigenvalue weighted by atomic mass is 35.5. The molecule has 0 aliphatic rings. The van der Waals surface area contributed by atoms with Crippen molar-refractivity contribution in [2.75, 3.05) is 13.2 Å². The predicted octanol–water partition coefficient (Wildman–Crippen LogP) is 2.24. The van der Waals surface area contributed by atoms with Crippen molar-refractivity contribution >= 4 is 17.5 Å². The van der Waals surface area contributed by atoms with E-state index >= 15 is 0 Å². The van der Waals surface area contributed by atoms with Crippen molar-refractivity contribution in [3.05, 3.63) is 41.4 Å². The fourth-order valence-electron chi connectivity index (χ4n) is 1.10. The van der Waals surface area contributed by atoms with Gasteiger partial charge in [-0.05, 0) is 24.6 Å². The number of amides is 1. The molecule has 16 heavy (non-hydrogen) atoms. The molecule has 1 aromatic rings. The number of halogens is 1. The number of hydrogen-bond donors (Lipinski definition) is 1. The van der Waals surface area contributed by atoms with E-state index in [9.17, 15) is 4.79 Å². The SMILES string of the molecule is C=C(Cl)CNC(=O)COc1cccc(C)c1.